The van der Waals surface area contributed by atoms with Gasteiger partial charge in [-0.3, -0.25) is 5.43 Å². The molecule has 0 atom stereocenters. The minimum atomic E-state index is -0.308. The second-order valence-electron chi connectivity index (χ2n) is 4.44. The molecular weight excluding hydrogens is 317 g/mol. The first-order chi connectivity index (χ1) is 11.1. The lowest BCUT2D eigenvalue weighted by molar-refractivity contribution is 0.402. The van der Waals surface area contributed by atoms with Gasteiger partial charge in [-0.05, 0) is 54.7 Å². The van der Waals surface area contributed by atoms with Crippen LogP contribution in [0, 0.1) is 5.82 Å². The van der Waals surface area contributed by atoms with Crippen LogP contribution in [-0.4, -0.2) is 25.5 Å². The van der Waals surface area contributed by atoms with Crippen molar-refractivity contribution in [2.45, 2.75) is 0 Å². The van der Waals surface area contributed by atoms with Crippen LogP contribution in [0.15, 0.2) is 47.6 Å². The van der Waals surface area contributed by atoms with E-state index in [1.165, 1.54) is 12.1 Å². The zero-order valence-corrected chi connectivity index (χ0v) is 13.5. The minimum absolute atomic E-state index is 0.287. The smallest absolute Gasteiger partial charge is 0.191 e. The molecule has 5 nitrogen and oxygen atoms in total. The van der Waals surface area contributed by atoms with E-state index in [0.717, 1.165) is 5.56 Å². The van der Waals surface area contributed by atoms with Crippen LogP contribution in [0.2, 0.25) is 0 Å². The van der Waals surface area contributed by atoms with Crippen LogP contribution in [0.5, 0.6) is 11.5 Å². The Bertz CT molecular complexity index is 705. The van der Waals surface area contributed by atoms with E-state index >= 15 is 0 Å². The quantitative estimate of drug-likeness (QED) is 0.500. The fraction of sp³-hybridized carbons (Fsp3) is 0.125. The predicted octanol–water partition coefficient (Wildman–Crippen LogP) is 3.16. The molecule has 0 radical (unpaired) electrons. The number of nitrogens with one attached hydrogen (secondary N) is 2. The third kappa shape index (κ3) is 4.93. The lowest BCUT2D eigenvalue weighted by Gasteiger charge is -2.08. The van der Waals surface area contributed by atoms with Gasteiger partial charge in [-0.1, -0.05) is 0 Å². The maximum atomic E-state index is 12.8. The average Bonchev–Trinajstić information content (AvgIpc) is 2.57. The SMILES string of the molecule is COc1ccc(OC)c(C=NNC(=S)Nc2ccc(F)cc2)c1. The van der Waals surface area contributed by atoms with Gasteiger partial charge in [-0.15, -0.1) is 0 Å². The lowest BCUT2D eigenvalue weighted by atomic mass is 10.2. The second kappa shape index (κ2) is 8.09. The number of methoxy groups -OCH3 is 2. The number of ether oxygens (including phenoxy) is 2. The Morgan fingerprint density at radius 1 is 1.13 bits per heavy atom. The van der Waals surface area contributed by atoms with Gasteiger partial charge >= 0.3 is 0 Å². The normalized spacial score (nSPS) is 10.4. The molecule has 0 saturated carbocycles. The zero-order valence-electron chi connectivity index (χ0n) is 12.7. The highest BCUT2D eigenvalue weighted by Crippen LogP contribution is 2.22. The Labute approximate surface area is 139 Å². The highest BCUT2D eigenvalue weighted by atomic mass is 32.1. The largest absolute Gasteiger partial charge is 0.497 e. The number of rotatable bonds is 5. The molecule has 2 aromatic rings. The van der Waals surface area contributed by atoms with Crippen molar-refractivity contribution >= 4 is 29.2 Å². The first-order valence-corrected chi connectivity index (χ1v) is 7.11. The van der Waals surface area contributed by atoms with Gasteiger partial charge in [0, 0.05) is 11.3 Å². The minimum Gasteiger partial charge on any atom is -0.497 e. The summed E-state index contributed by atoms with van der Waals surface area (Å²) in [5.41, 5.74) is 4.09. The monoisotopic (exact) mass is 333 g/mol. The zero-order chi connectivity index (χ0) is 16.7. The number of anilines is 1. The van der Waals surface area contributed by atoms with E-state index in [0.29, 0.717) is 17.2 Å². The molecule has 0 fully saturated rings. The second-order valence-corrected chi connectivity index (χ2v) is 4.85. The molecule has 0 aliphatic carbocycles. The maximum Gasteiger partial charge on any atom is 0.191 e. The topological polar surface area (TPSA) is 54.9 Å². The molecule has 23 heavy (non-hydrogen) atoms. The first kappa shape index (κ1) is 16.7. The highest BCUT2D eigenvalue weighted by molar-refractivity contribution is 7.80. The van der Waals surface area contributed by atoms with Gasteiger partial charge in [0.15, 0.2) is 5.11 Å². The molecular formula is C16H16FN3O2S. The molecule has 0 unspecified atom stereocenters. The molecule has 0 heterocycles. The third-order valence-corrected chi connectivity index (χ3v) is 3.10. The van der Waals surface area contributed by atoms with Crippen LogP contribution >= 0.6 is 12.2 Å². The summed E-state index contributed by atoms with van der Waals surface area (Å²) in [6.07, 6.45) is 1.57. The van der Waals surface area contributed by atoms with E-state index in [9.17, 15) is 4.39 Å². The van der Waals surface area contributed by atoms with Crippen LogP contribution in [0.25, 0.3) is 0 Å². The molecule has 2 aromatic carbocycles. The summed E-state index contributed by atoms with van der Waals surface area (Å²) < 4.78 is 23.2. The third-order valence-electron chi connectivity index (χ3n) is 2.91. The van der Waals surface area contributed by atoms with Crippen molar-refractivity contribution in [3.63, 3.8) is 0 Å². The number of hydrogen-bond donors (Lipinski definition) is 2. The van der Waals surface area contributed by atoms with Crippen LogP contribution in [-0.2, 0) is 0 Å². The van der Waals surface area contributed by atoms with E-state index in [1.807, 2.05) is 0 Å². The summed E-state index contributed by atoms with van der Waals surface area (Å²) in [6, 6.07) is 11.2. The molecule has 0 spiro atoms. The number of hydrogen-bond acceptors (Lipinski definition) is 4. The van der Waals surface area contributed by atoms with Crippen molar-refractivity contribution in [1.29, 1.82) is 0 Å². The summed E-state index contributed by atoms with van der Waals surface area (Å²) in [5, 5.41) is 7.23. The van der Waals surface area contributed by atoms with Crippen LogP contribution in [0.3, 0.4) is 0 Å². The van der Waals surface area contributed by atoms with E-state index in [2.05, 4.69) is 15.8 Å². The first-order valence-electron chi connectivity index (χ1n) is 6.70. The van der Waals surface area contributed by atoms with Gasteiger partial charge in [0.25, 0.3) is 0 Å². The van der Waals surface area contributed by atoms with Crippen LogP contribution in [0.1, 0.15) is 5.56 Å². The maximum absolute atomic E-state index is 12.8. The Kier molecular flexibility index (Phi) is 5.87. The van der Waals surface area contributed by atoms with Crippen LogP contribution < -0.4 is 20.2 Å². The van der Waals surface area contributed by atoms with Gasteiger partial charge in [-0.25, -0.2) is 4.39 Å². The Morgan fingerprint density at radius 2 is 1.87 bits per heavy atom. The number of halogens is 1. The lowest BCUT2D eigenvalue weighted by Crippen LogP contribution is -2.23. The molecule has 0 bridgehead atoms. The molecule has 120 valence electrons. The standard InChI is InChI=1S/C16H16FN3O2S/c1-21-14-7-8-15(22-2)11(9-14)10-18-20-16(23)19-13-5-3-12(17)4-6-13/h3-10H,1-2H3,(H2,19,20,23). The van der Waals surface area contributed by atoms with Crippen molar-refractivity contribution in [2.24, 2.45) is 5.10 Å². The van der Waals surface area contributed by atoms with Gasteiger partial charge < -0.3 is 14.8 Å². The van der Waals surface area contributed by atoms with E-state index in [1.54, 1.807) is 50.8 Å². The number of benzene rings is 2. The van der Waals surface area contributed by atoms with Crippen molar-refractivity contribution < 1.29 is 13.9 Å². The Hall–Kier alpha value is -2.67. The summed E-state index contributed by atoms with van der Waals surface area (Å²) in [5.74, 6) is 1.05. The van der Waals surface area contributed by atoms with Crippen LogP contribution in [0.4, 0.5) is 10.1 Å². The van der Waals surface area contributed by atoms with Gasteiger partial charge in [0.1, 0.15) is 17.3 Å². The highest BCUT2D eigenvalue weighted by Gasteiger charge is 2.03. The van der Waals surface area contributed by atoms with E-state index in [4.69, 9.17) is 21.7 Å². The summed E-state index contributed by atoms with van der Waals surface area (Å²) in [6.45, 7) is 0. The predicted molar refractivity (Wildman–Crippen MR) is 92.9 cm³/mol. The summed E-state index contributed by atoms with van der Waals surface area (Å²) in [4.78, 5) is 0. The molecule has 7 heteroatoms. The molecule has 0 aromatic heterocycles. The summed E-state index contributed by atoms with van der Waals surface area (Å²) in [7, 11) is 3.16. The molecule has 2 N–H and O–H groups in total. The Balaban J connectivity index is 1.98. The molecule has 2 rings (SSSR count). The van der Waals surface area contributed by atoms with Crippen molar-refractivity contribution in [2.75, 3.05) is 19.5 Å². The van der Waals surface area contributed by atoms with Crippen molar-refractivity contribution in [3.8, 4) is 11.5 Å². The van der Waals surface area contributed by atoms with E-state index < -0.39 is 0 Å². The van der Waals surface area contributed by atoms with Gasteiger partial charge in [-0.2, -0.15) is 5.10 Å². The Morgan fingerprint density at radius 3 is 2.52 bits per heavy atom. The van der Waals surface area contributed by atoms with Crippen molar-refractivity contribution in [3.05, 3.63) is 53.8 Å². The number of hydrazone groups is 1. The molecule has 0 amide bonds. The fourth-order valence-corrected chi connectivity index (χ4v) is 1.96. The van der Waals surface area contributed by atoms with Gasteiger partial charge in [0.05, 0.1) is 20.4 Å². The van der Waals surface area contributed by atoms with Gasteiger partial charge in [0.2, 0.25) is 0 Å². The molecule has 0 saturated heterocycles. The van der Waals surface area contributed by atoms with E-state index in [-0.39, 0.29) is 10.9 Å². The summed E-state index contributed by atoms with van der Waals surface area (Å²) >= 11 is 5.11. The molecule has 0 aliphatic rings. The number of thiocarbonyl (C=S) groups is 1. The average molecular weight is 333 g/mol. The number of nitrogens with zero attached hydrogens (tertiary/aromatic N) is 1. The molecule has 0 aliphatic heterocycles. The van der Waals surface area contributed by atoms with Crippen molar-refractivity contribution in [1.82, 2.24) is 5.43 Å². The fourth-order valence-electron chi connectivity index (χ4n) is 1.79.